The van der Waals surface area contributed by atoms with Crippen LogP contribution in [0.5, 0.6) is 0 Å². The summed E-state index contributed by atoms with van der Waals surface area (Å²) in [6, 6.07) is 8.38. The first kappa shape index (κ1) is 32.4. The Hall–Kier alpha value is -3.02. The number of hydrogen-bond acceptors (Lipinski definition) is 11. The molecule has 0 aliphatic heterocycles. The minimum Gasteiger partial charge on any atom is -0.461 e. The van der Waals surface area contributed by atoms with Gasteiger partial charge in [-0.15, -0.1) is 0 Å². The number of carbonyl (C=O) groups excluding carboxylic acids is 4. The highest BCUT2D eigenvalue weighted by molar-refractivity contribution is 5.89. The van der Waals surface area contributed by atoms with Crippen LogP contribution >= 0.6 is 0 Å². The maximum atomic E-state index is 13.3. The summed E-state index contributed by atoms with van der Waals surface area (Å²) in [6.45, 7) is 10.7. The van der Waals surface area contributed by atoms with Gasteiger partial charge in [0.25, 0.3) is 0 Å². The van der Waals surface area contributed by atoms with Gasteiger partial charge in [0.1, 0.15) is 35.6 Å². The zero-order chi connectivity index (χ0) is 32.6. The summed E-state index contributed by atoms with van der Waals surface area (Å²) in [4.78, 5) is 51.1. The summed E-state index contributed by atoms with van der Waals surface area (Å²) in [7, 11) is 0. The van der Waals surface area contributed by atoms with Crippen molar-refractivity contribution in [1.82, 2.24) is 0 Å². The molecule has 0 amide bonds. The molecule has 0 unspecified atom stereocenters. The molecule has 12 atom stereocenters. The molecule has 0 bridgehead atoms. The second-order valence-electron chi connectivity index (χ2n) is 14.4. The molecule has 4 aliphatic rings. The van der Waals surface area contributed by atoms with Crippen molar-refractivity contribution in [3.8, 4) is 0 Å². The molecular weight excluding hydrogens is 572 g/mol. The van der Waals surface area contributed by atoms with Crippen LogP contribution in [0.15, 0.2) is 30.3 Å². The van der Waals surface area contributed by atoms with E-state index >= 15 is 0 Å². The monoisotopic (exact) mass is 616 g/mol. The van der Waals surface area contributed by atoms with Gasteiger partial charge in [-0.25, -0.2) is 4.79 Å². The zero-order valence-electron chi connectivity index (χ0n) is 26.4. The molecular formula is C33H44O11. The van der Waals surface area contributed by atoms with Gasteiger partial charge in [0.05, 0.1) is 17.1 Å². The van der Waals surface area contributed by atoms with Gasteiger partial charge in [-0.1, -0.05) is 39.0 Å². The Morgan fingerprint density at radius 2 is 1.36 bits per heavy atom. The lowest BCUT2D eigenvalue weighted by Gasteiger charge is -2.63. The number of aliphatic hydroxyl groups is 3. The molecule has 242 valence electrons. The molecule has 4 aliphatic carbocycles. The number of rotatable bonds is 5. The van der Waals surface area contributed by atoms with Crippen molar-refractivity contribution in [2.24, 2.45) is 28.6 Å². The Labute approximate surface area is 257 Å². The Kier molecular flexibility index (Phi) is 7.74. The Morgan fingerprint density at radius 3 is 1.93 bits per heavy atom. The highest BCUT2D eigenvalue weighted by Gasteiger charge is 2.84. The van der Waals surface area contributed by atoms with Gasteiger partial charge >= 0.3 is 23.9 Å². The number of hydrogen-bond donors (Lipinski definition) is 3. The van der Waals surface area contributed by atoms with Crippen LogP contribution in [0.25, 0.3) is 0 Å². The van der Waals surface area contributed by atoms with Crippen LogP contribution in [0.1, 0.15) is 84.5 Å². The highest BCUT2D eigenvalue weighted by Crippen LogP contribution is 2.75. The van der Waals surface area contributed by atoms with Crippen molar-refractivity contribution in [2.45, 2.75) is 115 Å². The van der Waals surface area contributed by atoms with Gasteiger partial charge in [-0.05, 0) is 44.2 Å². The van der Waals surface area contributed by atoms with E-state index in [9.17, 15) is 34.5 Å². The predicted octanol–water partition coefficient (Wildman–Crippen LogP) is 2.72. The molecule has 0 radical (unpaired) electrons. The van der Waals surface area contributed by atoms with E-state index in [1.807, 2.05) is 6.92 Å². The average molecular weight is 617 g/mol. The summed E-state index contributed by atoms with van der Waals surface area (Å²) >= 11 is 0. The number of fused-ring (bicyclic) bond motifs is 4. The molecule has 44 heavy (non-hydrogen) atoms. The third-order valence-electron chi connectivity index (χ3n) is 11.3. The minimum atomic E-state index is -1.87. The summed E-state index contributed by atoms with van der Waals surface area (Å²) in [5, 5.41) is 36.7. The molecule has 3 N–H and O–H groups in total. The lowest BCUT2D eigenvalue weighted by atomic mass is 9.46. The number of benzene rings is 1. The maximum absolute atomic E-state index is 13.3. The van der Waals surface area contributed by atoms with E-state index in [1.54, 1.807) is 51.1 Å². The Morgan fingerprint density at radius 1 is 0.773 bits per heavy atom. The molecule has 11 nitrogen and oxygen atoms in total. The normalized spacial score (nSPS) is 45.7. The molecule has 0 heterocycles. The fourth-order valence-electron chi connectivity index (χ4n) is 9.64. The Bertz CT molecular complexity index is 1340. The second-order valence-corrected chi connectivity index (χ2v) is 14.4. The first-order valence-electron chi connectivity index (χ1n) is 15.2. The largest absolute Gasteiger partial charge is 0.461 e. The van der Waals surface area contributed by atoms with Crippen LogP contribution in [0.4, 0.5) is 0 Å². The van der Waals surface area contributed by atoms with E-state index in [2.05, 4.69) is 0 Å². The number of esters is 4. The highest BCUT2D eigenvalue weighted by atomic mass is 16.6. The first-order chi connectivity index (χ1) is 20.3. The SMILES string of the molecule is CC(=O)O[C@H]1C[C@](C)(O)C[C@@H]2[C@@]1(O)C[C@@]1(C)[C@H](OC(C)=O)[C@H]3[C@@H](OC(=O)c4ccccc4)[C@@H](C)C[C@]3(O)[C@H](OC(C)=O)[C@@]21C. The summed E-state index contributed by atoms with van der Waals surface area (Å²) in [6.07, 6.45) is -4.57. The van der Waals surface area contributed by atoms with Gasteiger partial charge < -0.3 is 34.3 Å². The smallest absolute Gasteiger partial charge is 0.338 e. The van der Waals surface area contributed by atoms with Crippen molar-refractivity contribution in [3.63, 3.8) is 0 Å². The minimum absolute atomic E-state index is 0.0284. The molecule has 5 rings (SSSR count). The van der Waals surface area contributed by atoms with E-state index in [0.717, 1.165) is 0 Å². The van der Waals surface area contributed by atoms with Crippen molar-refractivity contribution < 1.29 is 53.4 Å². The number of carbonyl (C=O) groups is 4. The van der Waals surface area contributed by atoms with Gasteiger partial charge in [0, 0.05) is 43.9 Å². The van der Waals surface area contributed by atoms with Crippen LogP contribution in [0, 0.1) is 28.6 Å². The molecule has 1 aromatic carbocycles. The Balaban J connectivity index is 1.71. The second kappa shape index (κ2) is 10.5. The number of ether oxygens (including phenoxy) is 4. The van der Waals surface area contributed by atoms with Crippen LogP contribution in [0.3, 0.4) is 0 Å². The van der Waals surface area contributed by atoms with Gasteiger partial charge in [0.2, 0.25) is 0 Å². The van der Waals surface area contributed by atoms with E-state index in [4.69, 9.17) is 18.9 Å². The molecule has 4 saturated carbocycles. The first-order valence-corrected chi connectivity index (χ1v) is 15.2. The van der Waals surface area contributed by atoms with Crippen LogP contribution in [-0.4, -0.2) is 80.4 Å². The maximum Gasteiger partial charge on any atom is 0.338 e. The lowest BCUT2D eigenvalue weighted by Crippen LogP contribution is -2.73. The summed E-state index contributed by atoms with van der Waals surface area (Å²) < 4.78 is 23.8. The van der Waals surface area contributed by atoms with Gasteiger partial charge in [-0.3, -0.25) is 14.4 Å². The lowest BCUT2D eigenvalue weighted by molar-refractivity contribution is -0.289. The molecule has 11 heteroatoms. The van der Waals surface area contributed by atoms with Crippen molar-refractivity contribution >= 4 is 23.9 Å². The van der Waals surface area contributed by atoms with Crippen molar-refractivity contribution in [3.05, 3.63) is 35.9 Å². The van der Waals surface area contributed by atoms with Gasteiger partial charge in [-0.2, -0.15) is 0 Å². The summed E-state index contributed by atoms with van der Waals surface area (Å²) in [5.74, 6) is -4.96. The fourth-order valence-corrected chi connectivity index (χ4v) is 9.64. The van der Waals surface area contributed by atoms with Crippen molar-refractivity contribution in [2.75, 3.05) is 0 Å². The topological polar surface area (TPSA) is 166 Å². The molecule has 1 aromatic rings. The standard InChI is InChI=1S/C33H44O11/c1-17-13-32(39)24(25(17)44-27(37)21-11-9-8-10-12-21)26(42-19(3)35)30(6)16-33(40)22(31(30,7)28(32)43-20(4)36)14-29(5,38)15-23(33)41-18(2)34/h8-12,17,22-26,28,38-40H,13-16H2,1-7H3/t17-,22-,23-,24+,25-,26+,28+,29+,30-,31+,32+,33-/m0/s1. The van der Waals surface area contributed by atoms with E-state index < -0.39 is 93.7 Å². The fraction of sp³-hybridized carbons (Fsp3) is 0.697. The molecule has 0 saturated heterocycles. The van der Waals surface area contributed by atoms with Crippen LogP contribution < -0.4 is 0 Å². The average Bonchev–Trinajstić information content (AvgIpc) is 3.26. The summed E-state index contributed by atoms with van der Waals surface area (Å²) in [5.41, 5.74) is -7.25. The van der Waals surface area contributed by atoms with E-state index in [-0.39, 0.29) is 25.7 Å². The van der Waals surface area contributed by atoms with E-state index in [0.29, 0.717) is 5.56 Å². The third-order valence-corrected chi connectivity index (χ3v) is 11.3. The predicted molar refractivity (Wildman–Crippen MR) is 154 cm³/mol. The van der Waals surface area contributed by atoms with E-state index in [1.165, 1.54) is 20.8 Å². The molecule has 4 fully saturated rings. The van der Waals surface area contributed by atoms with Gasteiger partial charge in [0.15, 0.2) is 0 Å². The zero-order valence-corrected chi connectivity index (χ0v) is 26.4. The quantitative estimate of drug-likeness (QED) is 0.329. The van der Waals surface area contributed by atoms with Crippen LogP contribution in [0.2, 0.25) is 0 Å². The van der Waals surface area contributed by atoms with Crippen LogP contribution in [-0.2, 0) is 33.3 Å². The third kappa shape index (κ3) is 4.73. The molecule has 0 aromatic heterocycles. The van der Waals surface area contributed by atoms with Crippen molar-refractivity contribution in [1.29, 1.82) is 0 Å². The molecule has 0 spiro atoms.